The van der Waals surface area contributed by atoms with E-state index in [9.17, 15) is 5.11 Å². The average molecular weight is 262 g/mol. The van der Waals surface area contributed by atoms with Crippen LogP contribution in [0.25, 0.3) is 0 Å². The SMILES string of the molecule is CC1CCC(O)(CN(C)CCc2ccncc2)CC1. The monoisotopic (exact) mass is 262 g/mol. The van der Waals surface area contributed by atoms with Crippen molar-refractivity contribution in [3.8, 4) is 0 Å². The van der Waals surface area contributed by atoms with E-state index in [-0.39, 0.29) is 0 Å². The third-order valence-corrected chi connectivity index (χ3v) is 4.30. The topological polar surface area (TPSA) is 36.4 Å². The third-order valence-electron chi connectivity index (χ3n) is 4.30. The minimum absolute atomic E-state index is 0.459. The molecule has 1 aliphatic rings. The van der Waals surface area contributed by atoms with E-state index in [1.54, 1.807) is 0 Å². The molecular weight excluding hydrogens is 236 g/mol. The first-order valence-corrected chi connectivity index (χ1v) is 7.37. The van der Waals surface area contributed by atoms with Crippen molar-refractivity contribution in [1.29, 1.82) is 0 Å². The van der Waals surface area contributed by atoms with Crippen molar-refractivity contribution >= 4 is 0 Å². The van der Waals surface area contributed by atoms with Crippen LogP contribution in [-0.4, -0.2) is 40.7 Å². The molecule has 1 saturated carbocycles. The molecule has 1 heterocycles. The molecule has 1 aromatic rings. The number of pyridine rings is 1. The van der Waals surface area contributed by atoms with E-state index >= 15 is 0 Å². The number of aliphatic hydroxyl groups is 1. The van der Waals surface area contributed by atoms with E-state index in [1.165, 1.54) is 5.56 Å². The van der Waals surface area contributed by atoms with Crippen LogP contribution in [-0.2, 0) is 6.42 Å². The van der Waals surface area contributed by atoms with Crippen molar-refractivity contribution in [1.82, 2.24) is 9.88 Å². The van der Waals surface area contributed by atoms with Gasteiger partial charge in [0.15, 0.2) is 0 Å². The maximum Gasteiger partial charge on any atom is 0.0774 e. The predicted octanol–water partition coefficient (Wildman–Crippen LogP) is 2.50. The fourth-order valence-electron chi connectivity index (χ4n) is 2.91. The van der Waals surface area contributed by atoms with Crippen LogP contribution < -0.4 is 0 Å². The van der Waals surface area contributed by atoms with Crippen molar-refractivity contribution in [2.24, 2.45) is 5.92 Å². The molecule has 0 aromatic carbocycles. The number of rotatable bonds is 5. The minimum atomic E-state index is -0.459. The number of hydrogen-bond donors (Lipinski definition) is 1. The van der Waals surface area contributed by atoms with Crippen LogP contribution in [0.3, 0.4) is 0 Å². The second kappa shape index (κ2) is 6.49. The first-order chi connectivity index (χ1) is 9.07. The second-order valence-electron chi connectivity index (χ2n) is 6.25. The van der Waals surface area contributed by atoms with Crippen molar-refractivity contribution in [3.63, 3.8) is 0 Å². The quantitative estimate of drug-likeness (QED) is 0.885. The number of nitrogens with zero attached hydrogens (tertiary/aromatic N) is 2. The third kappa shape index (κ3) is 4.59. The van der Waals surface area contributed by atoms with Gasteiger partial charge >= 0.3 is 0 Å². The Bertz CT molecular complexity index is 372. The summed E-state index contributed by atoms with van der Waals surface area (Å²) in [5.41, 5.74) is 0.852. The number of likely N-dealkylation sites (N-methyl/N-ethyl adjacent to an activating group) is 1. The van der Waals surface area contributed by atoms with Crippen LogP contribution in [0.5, 0.6) is 0 Å². The van der Waals surface area contributed by atoms with Crippen LogP contribution in [0, 0.1) is 5.92 Å². The molecule has 106 valence electrons. The molecule has 0 amide bonds. The summed E-state index contributed by atoms with van der Waals surface area (Å²) in [4.78, 5) is 6.29. The summed E-state index contributed by atoms with van der Waals surface area (Å²) in [6.45, 7) is 4.07. The molecule has 1 N–H and O–H groups in total. The average Bonchev–Trinajstić information content (AvgIpc) is 2.41. The molecule has 2 rings (SSSR count). The summed E-state index contributed by atoms with van der Waals surface area (Å²) in [7, 11) is 2.11. The van der Waals surface area contributed by atoms with Gasteiger partial charge in [-0.25, -0.2) is 0 Å². The minimum Gasteiger partial charge on any atom is -0.389 e. The van der Waals surface area contributed by atoms with Crippen molar-refractivity contribution in [3.05, 3.63) is 30.1 Å². The van der Waals surface area contributed by atoms with Gasteiger partial charge in [-0.05, 0) is 62.8 Å². The van der Waals surface area contributed by atoms with E-state index in [0.717, 1.165) is 51.1 Å². The van der Waals surface area contributed by atoms with Crippen LogP contribution in [0.2, 0.25) is 0 Å². The zero-order chi connectivity index (χ0) is 13.7. The van der Waals surface area contributed by atoms with E-state index in [1.807, 2.05) is 12.4 Å². The Balaban J connectivity index is 1.76. The number of hydrogen-bond acceptors (Lipinski definition) is 3. The lowest BCUT2D eigenvalue weighted by molar-refractivity contribution is -0.0298. The van der Waals surface area contributed by atoms with Gasteiger partial charge in [-0.1, -0.05) is 6.92 Å². The largest absolute Gasteiger partial charge is 0.389 e. The summed E-state index contributed by atoms with van der Waals surface area (Å²) in [5, 5.41) is 10.6. The number of aromatic nitrogens is 1. The molecule has 0 radical (unpaired) electrons. The highest BCUT2D eigenvalue weighted by Crippen LogP contribution is 2.32. The van der Waals surface area contributed by atoms with Gasteiger partial charge in [0.25, 0.3) is 0 Å². The molecule has 1 fully saturated rings. The van der Waals surface area contributed by atoms with Crippen LogP contribution >= 0.6 is 0 Å². The lowest BCUT2D eigenvalue weighted by Crippen LogP contribution is -2.44. The zero-order valence-electron chi connectivity index (χ0n) is 12.2. The van der Waals surface area contributed by atoms with Gasteiger partial charge in [0.05, 0.1) is 5.60 Å². The Morgan fingerprint density at radius 2 is 1.95 bits per heavy atom. The van der Waals surface area contributed by atoms with Gasteiger partial charge in [-0.3, -0.25) is 4.98 Å². The highest BCUT2D eigenvalue weighted by atomic mass is 16.3. The normalized spacial score (nSPS) is 27.7. The molecule has 3 nitrogen and oxygen atoms in total. The molecule has 1 aliphatic carbocycles. The lowest BCUT2D eigenvalue weighted by Gasteiger charge is -2.37. The maximum absolute atomic E-state index is 10.6. The molecule has 19 heavy (non-hydrogen) atoms. The molecular formula is C16H26N2O. The Morgan fingerprint density at radius 3 is 2.58 bits per heavy atom. The lowest BCUT2D eigenvalue weighted by atomic mass is 9.79. The Labute approximate surface area is 116 Å². The van der Waals surface area contributed by atoms with Gasteiger partial charge in [0.1, 0.15) is 0 Å². The molecule has 0 spiro atoms. The van der Waals surface area contributed by atoms with Gasteiger partial charge in [0, 0.05) is 25.5 Å². The Hall–Kier alpha value is -0.930. The predicted molar refractivity (Wildman–Crippen MR) is 78.0 cm³/mol. The zero-order valence-corrected chi connectivity index (χ0v) is 12.2. The second-order valence-corrected chi connectivity index (χ2v) is 6.25. The maximum atomic E-state index is 10.6. The fourth-order valence-corrected chi connectivity index (χ4v) is 2.91. The molecule has 3 heteroatoms. The molecule has 0 bridgehead atoms. The smallest absolute Gasteiger partial charge is 0.0774 e. The Morgan fingerprint density at radius 1 is 1.32 bits per heavy atom. The van der Waals surface area contributed by atoms with Gasteiger partial charge in [-0.15, -0.1) is 0 Å². The summed E-state index contributed by atoms with van der Waals surface area (Å²) >= 11 is 0. The van der Waals surface area contributed by atoms with E-state index < -0.39 is 5.60 Å². The van der Waals surface area contributed by atoms with Crippen molar-refractivity contribution in [2.45, 2.75) is 44.6 Å². The highest BCUT2D eigenvalue weighted by Gasteiger charge is 2.32. The summed E-state index contributed by atoms with van der Waals surface area (Å²) < 4.78 is 0. The first-order valence-electron chi connectivity index (χ1n) is 7.37. The summed E-state index contributed by atoms with van der Waals surface area (Å²) in [6.07, 6.45) is 8.92. The summed E-state index contributed by atoms with van der Waals surface area (Å²) in [5.74, 6) is 0.780. The van der Waals surface area contributed by atoms with E-state index in [2.05, 4.69) is 36.0 Å². The highest BCUT2D eigenvalue weighted by molar-refractivity contribution is 5.09. The van der Waals surface area contributed by atoms with Crippen LogP contribution in [0.15, 0.2) is 24.5 Å². The van der Waals surface area contributed by atoms with Gasteiger partial charge in [-0.2, -0.15) is 0 Å². The molecule has 0 aliphatic heterocycles. The van der Waals surface area contributed by atoms with Crippen molar-refractivity contribution in [2.75, 3.05) is 20.1 Å². The Kier molecular flexibility index (Phi) is 4.94. The van der Waals surface area contributed by atoms with Gasteiger partial charge in [0.2, 0.25) is 0 Å². The fraction of sp³-hybridized carbons (Fsp3) is 0.688. The van der Waals surface area contributed by atoms with Gasteiger partial charge < -0.3 is 10.0 Å². The first kappa shape index (κ1) is 14.5. The van der Waals surface area contributed by atoms with E-state index in [0.29, 0.717) is 0 Å². The van der Waals surface area contributed by atoms with Crippen LogP contribution in [0.4, 0.5) is 0 Å². The van der Waals surface area contributed by atoms with Crippen molar-refractivity contribution < 1.29 is 5.11 Å². The molecule has 0 unspecified atom stereocenters. The standard InChI is InChI=1S/C16H26N2O/c1-14-3-8-16(19,9-4-14)13-18(2)12-7-15-5-10-17-11-6-15/h5-6,10-11,14,19H,3-4,7-9,12-13H2,1-2H3. The van der Waals surface area contributed by atoms with Crippen LogP contribution in [0.1, 0.15) is 38.2 Å². The molecule has 0 atom stereocenters. The van der Waals surface area contributed by atoms with E-state index in [4.69, 9.17) is 0 Å². The molecule has 0 saturated heterocycles. The summed E-state index contributed by atoms with van der Waals surface area (Å²) in [6, 6.07) is 4.12. The molecule has 1 aromatic heterocycles.